The Morgan fingerprint density at radius 2 is 1.00 bits per heavy atom. The van der Waals surface area contributed by atoms with Crippen LogP contribution in [0, 0.1) is 0 Å². The Labute approximate surface area is 62.7 Å². The minimum Gasteiger partial charge on any atom is -0.668 e. The van der Waals surface area contributed by atoms with Gasteiger partial charge in [0.05, 0.1) is 0 Å². The number of hydrogen-bond acceptors (Lipinski definition) is 0. The quantitative estimate of drug-likeness (QED) is 0.437. The SMILES string of the molecule is C[N-]C.[Ti].[Ti]. The third-order valence-corrected chi connectivity index (χ3v) is 0. The second-order valence-corrected chi connectivity index (χ2v) is 0.447. The van der Waals surface area contributed by atoms with Crippen molar-refractivity contribution in [1.82, 2.24) is 0 Å². The van der Waals surface area contributed by atoms with Gasteiger partial charge in [-0.15, -0.1) is 0 Å². The van der Waals surface area contributed by atoms with Crippen molar-refractivity contribution in [3.8, 4) is 0 Å². The minimum atomic E-state index is 0. The van der Waals surface area contributed by atoms with Crippen molar-refractivity contribution in [2.45, 2.75) is 0 Å². The Morgan fingerprint density at radius 3 is 1.00 bits per heavy atom. The molecule has 0 aromatic rings. The number of nitrogens with zero attached hydrogens (tertiary/aromatic N) is 1. The van der Waals surface area contributed by atoms with E-state index in [0.717, 1.165) is 0 Å². The average molecular weight is 140 g/mol. The molecule has 0 unspecified atom stereocenters. The van der Waals surface area contributed by atoms with Gasteiger partial charge in [0.25, 0.3) is 0 Å². The van der Waals surface area contributed by atoms with Crippen LogP contribution in [0.5, 0.6) is 0 Å². The maximum absolute atomic E-state index is 3.50. The van der Waals surface area contributed by atoms with Gasteiger partial charge in [-0.3, -0.25) is 0 Å². The second kappa shape index (κ2) is 18.2. The van der Waals surface area contributed by atoms with E-state index in [-0.39, 0.29) is 43.4 Å². The first-order valence-electron chi connectivity index (χ1n) is 0.894. The molecule has 0 aromatic heterocycles. The molecule has 0 aliphatic carbocycles. The molecule has 0 saturated heterocycles. The van der Waals surface area contributed by atoms with E-state index in [1.165, 1.54) is 0 Å². The van der Waals surface area contributed by atoms with Crippen molar-refractivity contribution >= 4 is 0 Å². The first kappa shape index (κ1) is 16.2. The van der Waals surface area contributed by atoms with Crippen LogP contribution in [0.3, 0.4) is 0 Å². The molecule has 0 aliphatic rings. The summed E-state index contributed by atoms with van der Waals surface area (Å²) in [6, 6.07) is 0. The normalized spacial score (nSPS) is 3.60. The van der Waals surface area contributed by atoms with Crippen molar-refractivity contribution in [3.63, 3.8) is 0 Å². The van der Waals surface area contributed by atoms with Gasteiger partial charge in [-0.25, -0.2) is 0 Å². The van der Waals surface area contributed by atoms with Crippen LogP contribution < -0.4 is 0 Å². The van der Waals surface area contributed by atoms with Crippen LogP contribution in [0.1, 0.15) is 0 Å². The topological polar surface area (TPSA) is 14.1 Å². The Bertz CT molecular complexity index is 7.61. The largest absolute Gasteiger partial charge is 0.668 e. The molecule has 1 nitrogen and oxygen atoms in total. The predicted octanol–water partition coefficient (Wildman–Crippen LogP) is 0.615. The van der Waals surface area contributed by atoms with Gasteiger partial charge in [-0.1, -0.05) is 0 Å². The minimum absolute atomic E-state index is 0. The summed E-state index contributed by atoms with van der Waals surface area (Å²) in [4.78, 5) is 0. The molecule has 0 N–H and O–H groups in total. The van der Waals surface area contributed by atoms with Gasteiger partial charge in [0.1, 0.15) is 0 Å². The fraction of sp³-hybridized carbons (Fsp3) is 1.00. The number of rotatable bonds is 0. The zero-order valence-electron chi connectivity index (χ0n) is 3.45. The van der Waals surface area contributed by atoms with E-state index in [2.05, 4.69) is 5.32 Å². The molecule has 0 spiro atoms. The van der Waals surface area contributed by atoms with E-state index >= 15 is 0 Å². The van der Waals surface area contributed by atoms with E-state index in [1.54, 1.807) is 14.1 Å². The second-order valence-electron chi connectivity index (χ2n) is 0.447. The molecule has 0 bridgehead atoms. The third kappa shape index (κ3) is 32.1. The molecule has 0 aromatic carbocycles. The summed E-state index contributed by atoms with van der Waals surface area (Å²) < 4.78 is 0. The fourth-order valence-electron chi connectivity index (χ4n) is 0. The van der Waals surface area contributed by atoms with Crippen LogP contribution in [-0.4, -0.2) is 14.1 Å². The van der Waals surface area contributed by atoms with Gasteiger partial charge >= 0.3 is 0 Å². The molecule has 5 heavy (non-hydrogen) atoms. The van der Waals surface area contributed by atoms with E-state index in [4.69, 9.17) is 0 Å². The molecule has 0 atom stereocenters. The first-order chi connectivity index (χ1) is 1.41. The molecular weight excluding hydrogens is 134 g/mol. The van der Waals surface area contributed by atoms with Gasteiger partial charge in [-0.2, -0.15) is 14.1 Å². The van der Waals surface area contributed by atoms with E-state index in [1.807, 2.05) is 0 Å². The van der Waals surface area contributed by atoms with Crippen LogP contribution in [-0.2, 0) is 43.4 Å². The van der Waals surface area contributed by atoms with Crippen LogP contribution >= 0.6 is 0 Å². The molecule has 3 heteroatoms. The van der Waals surface area contributed by atoms with Crippen molar-refractivity contribution < 1.29 is 43.4 Å². The molecule has 0 rings (SSSR count). The molecule has 0 aliphatic heterocycles. The first-order valence-corrected chi connectivity index (χ1v) is 0.894. The average Bonchev–Trinajstić information content (AvgIpc) is 0.918. The predicted molar refractivity (Wildman–Crippen MR) is 15.2 cm³/mol. The van der Waals surface area contributed by atoms with Gasteiger partial charge in [0.2, 0.25) is 0 Å². The van der Waals surface area contributed by atoms with E-state index in [9.17, 15) is 0 Å². The van der Waals surface area contributed by atoms with Gasteiger partial charge in [-0.05, 0) is 0 Å². The summed E-state index contributed by atoms with van der Waals surface area (Å²) in [6.45, 7) is 0. The molecule has 0 saturated carbocycles. The smallest absolute Gasteiger partial charge is 0 e. The number of hydrogen-bond donors (Lipinski definition) is 0. The van der Waals surface area contributed by atoms with Crippen molar-refractivity contribution in [2.24, 2.45) is 0 Å². The Kier molecular flexibility index (Phi) is 58.8. The van der Waals surface area contributed by atoms with Crippen LogP contribution in [0.2, 0.25) is 0 Å². The van der Waals surface area contributed by atoms with E-state index in [0.29, 0.717) is 0 Å². The molecule has 0 radical (unpaired) electrons. The van der Waals surface area contributed by atoms with Gasteiger partial charge in [0.15, 0.2) is 0 Å². The molecular formula is C2H6NTi2-. The summed E-state index contributed by atoms with van der Waals surface area (Å²) in [5.41, 5.74) is 0. The Morgan fingerprint density at radius 1 is 1.00 bits per heavy atom. The van der Waals surface area contributed by atoms with Gasteiger partial charge < -0.3 is 5.32 Å². The summed E-state index contributed by atoms with van der Waals surface area (Å²) in [5.74, 6) is 0. The molecule has 0 fully saturated rings. The van der Waals surface area contributed by atoms with E-state index < -0.39 is 0 Å². The molecule has 28 valence electrons. The zero-order valence-corrected chi connectivity index (χ0v) is 6.57. The van der Waals surface area contributed by atoms with Crippen molar-refractivity contribution in [3.05, 3.63) is 5.32 Å². The summed E-state index contributed by atoms with van der Waals surface area (Å²) in [6.07, 6.45) is 0. The molecule has 0 amide bonds. The maximum Gasteiger partial charge on any atom is 0 e. The third-order valence-electron chi connectivity index (χ3n) is 0. The zero-order chi connectivity index (χ0) is 2.71. The van der Waals surface area contributed by atoms with Crippen molar-refractivity contribution in [1.29, 1.82) is 0 Å². The van der Waals surface area contributed by atoms with Crippen LogP contribution in [0.15, 0.2) is 0 Å². The summed E-state index contributed by atoms with van der Waals surface area (Å²) in [5, 5.41) is 3.50. The monoisotopic (exact) mass is 140 g/mol. The Balaban J connectivity index is -0.0000000200. The summed E-state index contributed by atoms with van der Waals surface area (Å²) in [7, 11) is 3.50. The van der Waals surface area contributed by atoms with Crippen LogP contribution in [0.4, 0.5) is 0 Å². The molecule has 0 heterocycles. The van der Waals surface area contributed by atoms with Crippen LogP contribution in [0.25, 0.3) is 5.32 Å². The van der Waals surface area contributed by atoms with Crippen molar-refractivity contribution in [2.75, 3.05) is 14.1 Å². The van der Waals surface area contributed by atoms with Gasteiger partial charge in [0, 0.05) is 43.4 Å². The standard InChI is InChI=1S/C2H6N.2Ti/c1-3-2;;/h1-2H3;;/q-1;;. The summed E-state index contributed by atoms with van der Waals surface area (Å²) >= 11 is 0. The fourth-order valence-corrected chi connectivity index (χ4v) is 0. The maximum atomic E-state index is 3.50. The Hall–Kier alpha value is 1.39.